The summed E-state index contributed by atoms with van der Waals surface area (Å²) in [4.78, 5) is 8.78. The molecule has 6 heteroatoms. The summed E-state index contributed by atoms with van der Waals surface area (Å²) in [5, 5.41) is 8.78. The zero-order valence-electron chi connectivity index (χ0n) is 4.67. The molecule has 0 aromatic heterocycles. The van der Waals surface area contributed by atoms with Gasteiger partial charge in [-0.3, -0.25) is 0 Å². The Morgan fingerprint density at radius 2 is 1.40 bits per heavy atom. The number of hydrogen-bond donors (Lipinski definition) is 0. The molecule has 0 aromatic carbocycles. The number of alkyl halides is 3. The van der Waals surface area contributed by atoms with Crippen LogP contribution >= 0.6 is 0 Å². The van der Waals surface area contributed by atoms with E-state index in [1.165, 1.54) is 0 Å². The number of carboxylic acids is 1. The average molecular weight is 249 g/mol. The quantitative estimate of drug-likeness (QED) is 0.451. The molecule has 2 nitrogen and oxygen atoms in total. The summed E-state index contributed by atoms with van der Waals surface area (Å²) in [6.07, 6.45) is -5.19. The van der Waals surface area contributed by atoms with Crippen molar-refractivity contribution in [1.82, 2.24) is 0 Å². The van der Waals surface area contributed by atoms with Crippen LogP contribution in [0.3, 0.4) is 0 Å². The molecule has 10 heavy (non-hydrogen) atoms. The van der Waals surface area contributed by atoms with E-state index in [2.05, 4.69) is 13.2 Å². The number of carbonyl (C=O) groups is 1. The molecule has 0 radical (unpaired) electrons. The first-order valence-electron chi connectivity index (χ1n) is 1.73. The molecule has 0 aromatic rings. The number of aliphatic carboxylic acids is 1. The fraction of sp³-hybridized carbons (Fsp3) is 0.250. The molecule has 0 spiro atoms. The fourth-order valence-electron chi connectivity index (χ4n) is 0. The molecule has 0 fully saturated rings. The monoisotopic (exact) mass is 248 g/mol. The Kier molecular flexibility index (Phi) is 11.2. The molecule has 0 unspecified atom stereocenters. The van der Waals surface area contributed by atoms with Crippen LogP contribution in [0.25, 0.3) is 0 Å². The van der Waals surface area contributed by atoms with Gasteiger partial charge in [0, 0.05) is 0 Å². The molecule has 0 saturated heterocycles. The van der Waals surface area contributed by atoms with E-state index in [1.54, 1.807) is 0 Å². The third kappa shape index (κ3) is 10.7. The largest absolute Gasteiger partial charge is 1.00 e. The number of rotatable bonds is 0. The van der Waals surface area contributed by atoms with Gasteiger partial charge in [-0.05, 0) is 0 Å². The molecule has 0 aliphatic rings. The van der Waals surface area contributed by atoms with Gasteiger partial charge in [0.2, 0.25) is 0 Å². The van der Waals surface area contributed by atoms with E-state index in [0.29, 0.717) is 0 Å². The zero-order chi connectivity index (χ0) is 8.08. The van der Waals surface area contributed by atoms with Crippen LogP contribution in [0, 0.1) is 0 Å². The van der Waals surface area contributed by atoms with Crippen molar-refractivity contribution in [3.05, 3.63) is 13.2 Å². The predicted octanol–water partition coefficient (Wildman–Crippen LogP) is 0.0983. The van der Waals surface area contributed by atoms with E-state index in [1.807, 2.05) is 0 Å². The Labute approximate surface area is 71.2 Å². The molecular formula is C4H4AgF3O2. The molecule has 64 valence electrons. The molecule has 0 N–H and O–H groups in total. The van der Waals surface area contributed by atoms with Crippen molar-refractivity contribution in [1.29, 1.82) is 0 Å². The predicted molar refractivity (Wildman–Crippen MR) is 22.3 cm³/mol. The van der Waals surface area contributed by atoms with E-state index in [0.717, 1.165) is 0 Å². The van der Waals surface area contributed by atoms with Crippen molar-refractivity contribution in [2.24, 2.45) is 0 Å². The Morgan fingerprint density at radius 1 is 1.30 bits per heavy atom. The van der Waals surface area contributed by atoms with E-state index in [9.17, 15) is 13.2 Å². The molecule has 0 amide bonds. The Morgan fingerprint density at radius 3 is 1.40 bits per heavy atom. The maximum absolute atomic E-state index is 10.5. The van der Waals surface area contributed by atoms with Gasteiger partial charge in [0.1, 0.15) is 5.97 Å². The summed E-state index contributed by atoms with van der Waals surface area (Å²) < 4.78 is 31.5. The van der Waals surface area contributed by atoms with Crippen LogP contribution in [-0.4, -0.2) is 12.1 Å². The Bertz CT molecular complexity index is 101. The van der Waals surface area contributed by atoms with Crippen LogP contribution < -0.4 is 5.11 Å². The normalized spacial score (nSPS) is 8.30. The summed E-state index contributed by atoms with van der Waals surface area (Å²) in [5.74, 6) is -3.01. The van der Waals surface area contributed by atoms with Crippen LogP contribution in [0.2, 0.25) is 0 Å². The number of halogens is 3. The minimum absolute atomic E-state index is 0. The second kappa shape index (κ2) is 6.85. The van der Waals surface area contributed by atoms with Gasteiger partial charge < -0.3 is 9.90 Å². The second-order valence-electron chi connectivity index (χ2n) is 0.785. The molecule has 0 rings (SSSR count). The van der Waals surface area contributed by atoms with Crippen molar-refractivity contribution >= 4 is 5.97 Å². The van der Waals surface area contributed by atoms with Crippen molar-refractivity contribution in [2.45, 2.75) is 6.18 Å². The van der Waals surface area contributed by atoms with Gasteiger partial charge in [0.15, 0.2) is 0 Å². The average Bonchev–Trinajstić information content (AvgIpc) is 1.69. The van der Waals surface area contributed by atoms with Crippen LogP contribution in [0.1, 0.15) is 0 Å². The maximum atomic E-state index is 10.5. The minimum Gasteiger partial charge on any atom is -0.542 e. The summed E-state index contributed by atoms with van der Waals surface area (Å²) in [6.45, 7) is 6.00. The molecule has 0 saturated carbocycles. The summed E-state index contributed by atoms with van der Waals surface area (Å²) in [5.41, 5.74) is 0. The van der Waals surface area contributed by atoms with E-state index >= 15 is 0 Å². The maximum Gasteiger partial charge on any atom is 1.00 e. The molecular weight excluding hydrogens is 245 g/mol. The van der Waals surface area contributed by atoms with E-state index in [-0.39, 0.29) is 22.4 Å². The van der Waals surface area contributed by atoms with Crippen LogP contribution in [0.15, 0.2) is 13.2 Å². The van der Waals surface area contributed by atoms with Crippen molar-refractivity contribution in [3.8, 4) is 0 Å². The number of carboxylic acid groups (broad SMARTS) is 1. The van der Waals surface area contributed by atoms with Gasteiger partial charge >= 0.3 is 28.6 Å². The first kappa shape index (κ1) is 16.4. The van der Waals surface area contributed by atoms with Gasteiger partial charge in [-0.15, -0.1) is 13.2 Å². The number of hydrogen-bond acceptors (Lipinski definition) is 2. The smallest absolute Gasteiger partial charge is 0.542 e. The van der Waals surface area contributed by atoms with Crippen molar-refractivity contribution < 1.29 is 45.5 Å². The summed E-state index contributed by atoms with van der Waals surface area (Å²) in [6, 6.07) is 0. The third-order valence-electron chi connectivity index (χ3n) is 0.231. The topological polar surface area (TPSA) is 40.1 Å². The van der Waals surface area contributed by atoms with Crippen LogP contribution in [-0.2, 0) is 27.2 Å². The van der Waals surface area contributed by atoms with Gasteiger partial charge in [-0.25, -0.2) is 0 Å². The van der Waals surface area contributed by atoms with Gasteiger partial charge in [0.25, 0.3) is 0 Å². The van der Waals surface area contributed by atoms with Crippen molar-refractivity contribution in [2.75, 3.05) is 0 Å². The van der Waals surface area contributed by atoms with E-state index < -0.39 is 12.1 Å². The fourth-order valence-corrected chi connectivity index (χ4v) is 0. The Hall–Kier alpha value is -0.260. The standard InChI is InChI=1S/C2HF3O2.C2H4.Ag/c3-2(4,5)1(6)7;1-2;/h(H,6,7);1-2H2;/q;;+1/p-1. The van der Waals surface area contributed by atoms with Crippen LogP contribution in [0.4, 0.5) is 13.2 Å². The second-order valence-corrected chi connectivity index (χ2v) is 0.785. The summed E-state index contributed by atoms with van der Waals surface area (Å²) in [7, 11) is 0. The molecule has 0 heterocycles. The zero-order valence-corrected chi connectivity index (χ0v) is 6.15. The number of carbonyl (C=O) groups excluding carboxylic acids is 1. The molecule has 0 atom stereocenters. The first-order chi connectivity index (χ1) is 3.94. The minimum atomic E-state index is -5.19. The van der Waals surface area contributed by atoms with Gasteiger partial charge in [0.05, 0.1) is 0 Å². The molecule has 0 aliphatic carbocycles. The Balaban J connectivity index is -0.000000149. The third-order valence-corrected chi connectivity index (χ3v) is 0.231. The van der Waals surface area contributed by atoms with Crippen molar-refractivity contribution in [3.63, 3.8) is 0 Å². The first-order valence-corrected chi connectivity index (χ1v) is 1.73. The van der Waals surface area contributed by atoms with Gasteiger partial charge in [-0.1, -0.05) is 0 Å². The van der Waals surface area contributed by atoms with Crippen LogP contribution in [0.5, 0.6) is 0 Å². The SMILES string of the molecule is C=C.O=C([O-])C(F)(F)F.[Ag+]. The molecule has 0 aliphatic heterocycles. The summed E-state index contributed by atoms with van der Waals surface area (Å²) >= 11 is 0. The van der Waals surface area contributed by atoms with E-state index in [4.69, 9.17) is 9.90 Å². The molecule has 0 bridgehead atoms. The van der Waals surface area contributed by atoms with Gasteiger partial charge in [-0.2, -0.15) is 13.2 Å².